The van der Waals surface area contributed by atoms with Crippen molar-refractivity contribution in [3.63, 3.8) is 0 Å². The minimum absolute atomic E-state index is 0.0943. The number of halogens is 1. The van der Waals surface area contributed by atoms with E-state index in [2.05, 4.69) is 4.40 Å². The largest absolute Gasteiger partial charge is 0.328 e. The second kappa shape index (κ2) is 7.72. The van der Waals surface area contributed by atoms with Crippen molar-refractivity contribution in [1.82, 2.24) is 0 Å². The molecule has 0 amide bonds. The molecule has 26 heavy (non-hydrogen) atoms. The number of anilines is 1. The lowest BCUT2D eigenvalue weighted by molar-refractivity contribution is 0.598. The topological polar surface area (TPSA) is 49.7 Å². The first-order chi connectivity index (χ1) is 12.5. The van der Waals surface area contributed by atoms with Gasteiger partial charge >= 0.3 is 0 Å². The number of nitrogens with zero attached hydrogens (tertiary/aromatic N) is 2. The molecule has 6 heteroatoms. The molecule has 0 fully saturated rings. The van der Waals surface area contributed by atoms with Crippen molar-refractivity contribution in [3.05, 3.63) is 95.5 Å². The van der Waals surface area contributed by atoms with Crippen LogP contribution in [-0.2, 0) is 10.0 Å². The number of benzene rings is 3. The van der Waals surface area contributed by atoms with Crippen molar-refractivity contribution < 1.29 is 8.42 Å². The predicted molar refractivity (Wildman–Crippen MR) is 106 cm³/mol. The van der Waals surface area contributed by atoms with E-state index in [0.717, 1.165) is 5.69 Å². The van der Waals surface area contributed by atoms with E-state index in [1.54, 1.807) is 11.9 Å². The molecule has 3 aromatic carbocycles. The first-order valence-electron chi connectivity index (χ1n) is 7.92. The second-order valence-corrected chi connectivity index (χ2v) is 7.65. The van der Waals surface area contributed by atoms with E-state index in [4.69, 9.17) is 11.6 Å². The van der Waals surface area contributed by atoms with E-state index in [1.165, 1.54) is 24.3 Å². The van der Waals surface area contributed by atoms with Gasteiger partial charge in [0, 0.05) is 23.3 Å². The Morgan fingerprint density at radius 3 is 1.96 bits per heavy atom. The van der Waals surface area contributed by atoms with Gasteiger partial charge in [0.2, 0.25) is 0 Å². The molecule has 0 N–H and O–H groups in total. The molecule has 0 aliphatic carbocycles. The maximum Gasteiger partial charge on any atom is 0.284 e. The first kappa shape index (κ1) is 18.2. The summed E-state index contributed by atoms with van der Waals surface area (Å²) in [6, 6.07) is 24.7. The molecule has 3 rings (SSSR count). The zero-order chi connectivity index (χ0) is 18.6. The summed E-state index contributed by atoms with van der Waals surface area (Å²) in [5, 5.41) is 0.470. The third-order valence-electron chi connectivity index (χ3n) is 3.81. The molecule has 0 heterocycles. The Morgan fingerprint density at radius 1 is 0.846 bits per heavy atom. The van der Waals surface area contributed by atoms with Crippen LogP contribution in [0.15, 0.2) is 94.2 Å². The zero-order valence-electron chi connectivity index (χ0n) is 14.1. The number of amidine groups is 1. The SMILES string of the molecule is CN(/C(=N/S(=O)(=O)c1ccc(Cl)cc1)c1ccccc1)c1ccccc1. The van der Waals surface area contributed by atoms with Gasteiger partial charge in [0.15, 0.2) is 5.84 Å². The zero-order valence-corrected chi connectivity index (χ0v) is 15.7. The number of hydrogen-bond donors (Lipinski definition) is 0. The quantitative estimate of drug-likeness (QED) is 0.487. The number of rotatable bonds is 4. The molecule has 0 atom stereocenters. The predicted octanol–water partition coefficient (Wildman–Crippen LogP) is 4.61. The highest BCUT2D eigenvalue weighted by atomic mass is 35.5. The average molecular weight is 385 g/mol. The van der Waals surface area contributed by atoms with Gasteiger partial charge in [-0.15, -0.1) is 4.40 Å². The molecule has 0 bridgehead atoms. The van der Waals surface area contributed by atoms with Crippen LogP contribution in [-0.4, -0.2) is 21.3 Å². The van der Waals surface area contributed by atoms with Gasteiger partial charge in [-0.2, -0.15) is 8.42 Å². The van der Waals surface area contributed by atoms with Gasteiger partial charge in [-0.25, -0.2) is 0 Å². The molecular weight excluding hydrogens is 368 g/mol. The summed E-state index contributed by atoms with van der Waals surface area (Å²) < 4.78 is 29.7. The molecule has 0 radical (unpaired) electrons. The molecule has 0 aliphatic heterocycles. The number of sulfonamides is 1. The van der Waals surface area contributed by atoms with Crippen LogP contribution in [0.1, 0.15) is 5.56 Å². The summed E-state index contributed by atoms with van der Waals surface area (Å²) >= 11 is 5.85. The summed E-state index contributed by atoms with van der Waals surface area (Å²) in [7, 11) is -2.10. The molecular formula is C20H17ClN2O2S. The lowest BCUT2D eigenvalue weighted by atomic mass is 10.2. The van der Waals surface area contributed by atoms with Crippen LogP contribution in [0.5, 0.6) is 0 Å². The maximum atomic E-state index is 12.8. The van der Waals surface area contributed by atoms with Gasteiger partial charge in [-0.3, -0.25) is 0 Å². The second-order valence-electron chi connectivity index (χ2n) is 5.60. The minimum Gasteiger partial charge on any atom is -0.328 e. The number of para-hydroxylation sites is 1. The van der Waals surface area contributed by atoms with Crippen LogP contribution in [0.2, 0.25) is 5.02 Å². The van der Waals surface area contributed by atoms with Gasteiger partial charge in [0.25, 0.3) is 10.0 Å². The van der Waals surface area contributed by atoms with Crippen molar-refractivity contribution in [2.75, 3.05) is 11.9 Å². The number of hydrogen-bond acceptors (Lipinski definition) is 2. The minimum atomic E-state index is -3.89. The summed E-state index contributed by atoms with van der Waals surface area (Å²) in [4.78, 5) is 1.85. The Labute approximate surface area is 158 Å². The lowest BCUT2D eigenvalue weighted by Gasteiger charge is -2.21. The fraction of sp³-hybridized carbons (Fsp3) is 0.0500. The standard InChI is InChI=1S/C20H17ClN2O2S/c1-23(18-10-6-3-7-11-18)20(16-8-4-2-5-9-16)22-26(24,25)19-14-12-17(21)13-15-19/h2-15H,1H3/b22-20+. The molecule has 0 aliphatic rings. The Balaban J connectivity index is 2.11. The van der Waals surface area contributed by atoms with Crippen LogP contribution in [0.3, 0.4) is 0 Å². The molecule has 0 saturated heterocycles. The fourth-order valence-corrected chi connectivity index (χ4v) is 3.61. The van der Waals surface area contributed by atoms with E-state index in [1.807, 2.05) is 60.7 Å². The van der Waals surface area contributed by atoms with Crippen molar-refractivity contribution in [1.29, 1.82) is 0 Å². The van der Waals surface area contributed by atoms with Crippen LogP contribution in [0.25, 0.3) is 0 Å². The Bertz CT molecular complexity index is 1000. The molecule has 0 unspecified atom stereocenters. The van der Waals surface area contributed by atoms with E-state index >= 15 is 0 Å². The highest BCUT2D eigenvalue weighted by Crippen LogP contribution is 2.20. The molecule has 0 spiro atoms. The maximum absolute atomic E-state index is 12.8. The molecule has 0 saturated carbocycles. The fourth-order valence-electron chi connectivity index (χ4n) is 2.44. The van der Waals surface area contributed by atoms with Gasteiger partial charge < -0.3 is 4.90 Å². The normalized spacial score (nSPS) is 12.0. The van der Waals surface area contributed by atoms with E-state index in [-0.39, 0.29) is 4.90 Å². The summed E-state index contributed by atoms with van der Waals surface area (Å²) in [6.45, 7) is 0. The van der Waals surface area contributed by atoms with Crippen molar-refractivity contribution >= 4 is 33.1 Å². The van der Waals surface area contributed by atoms with Crippen LogP contribution in [0, 0.1) is 0 Å². The highest BCUT2D eigenvalue weighted by molar-refractivity contribution is 7.90. The Kier molecular flexibility index (Phi) is 5.40. The average Bonchev–Trinajstić information content (AvgIpc) is 2.67. The monoisotopic (exact) mass is 384 g/mol. The van der Waals surface area contributed by atoms with Gasteiger partial charge in [0.05, 0.1) is 4.90 Å². The smallest absolute Gasteiger partial charge is 0.284 e. The Hall–Kier alpha value is -2.63. The molecule has 0 aromatic heterocycles. The molecule has 3 aromatic rings. The Morgan fingerprint density at radius 2 is 1.38 bits per heavy atom. The van der Waals surface area contributed by atoms with Gasteiger partial charge in [0.1, 0.15) is 0 Å². The van der Waals surface area contributed by atoms with E-state index in [0.29, 0.717) is 16.4 Å². The third kappa shape index (κ3) is 4.12. The summed E-state index contributed by atoms with van der Waals surface area (Å²) in [6.07, 6.45) is 0. The van der Waals surface area contributed by atoms with Crippen LogP contribution >= 0.6 is 11.6 Å². The van der Waals surface area contributed by atoms with Crippen LogP contribution < -0.4 is 4.90 Å². The summed E-state index contributed by atoms with van der Waals surface area (Å²) in [5.74, 6) is 0.340. The van der Waals surface area contributed by atoms with Crippen molar-refractivity contribution in [2.45, 2.75) is 4.90 Å². The first-order valence-corrected chi connectivity index (χ1v) is 9.74. The van der Waals surface area contributed by atoms with Crippen LogP contribution in [0.4, 0.5) is 5.69 Å². The molecule has 132 valence electrons. The van der Waals surface area contributed by atoms with Gasteiger partial charge in [-0.1, -0.05) is 60.1 Å². The van der Waals surface area contributed by atoms with Crippen molar-refractivity contribution in [3.8, 4) is 0 Å². The van der Waals surface area contributed by atoms with E-state index < -0.39 is 10.0 Å². The van der Waals surface area contributed by atoms with Gasteiger partial charge in [-0.05, 0) is 36.4 Å². The lowest BCUT2D eigenvalue weighted by Crippen LogP contribution is -2.28. The highest BCUT2D eigenvalue weighted by Gasteiger charge is 2.19. The molecule has 4 nitrogen and oxygen atoms in total. The van der Waals surface area contributed by atoms with E-state index in [9.17, 15) is 8.42 Å². The van der Waals surface area contributed by atoms with Crippen molar-refractivity contribution in [2.24, 2.45) is 4.40 Å². The summed E-state index contributed by atoms with van der Waals surface area (Å²) in [5.41, 5.74) is 1.54. The third-order valence-corrected chi connectivity index (χ3v) is 5.34.